The van der Waals surface area contributed by atoms with E-state index in [2.05, 4.69) is 74.7 Å². The number of amidine groups is 1. The van der Waals surface area contributed by atoms with Gasteiger partial charge in [-0.3, -0.25) is 0 Å². The maximum Gasteiger partial charge on any atom is 0.141 e. The summed E-state index contributed by atoms with van der Waals surface area (Å²) in [4.78, 5) is 10.1. The summed E-state index contributed by atoms with van der Waals surface area (Å²) in [6.45, 7) is 9.86. The summed E-state index contributed by atoms with van der Waals surface area (Å²) in [5.74, 6) is 0.573. The Morgan fingerprint density at radius 2 is 1.87 bits per heavy atom. The molecule has 1 unspecified atom stereocenters. The van der Waals surface area contributed by atoms with Crippen LogP contribution in [0.4, 0.5) is 0 Å². The van der Waals surface area contributed by atoms with E-state index in [1.54, 1.807) is 0 Å². The molecule has 5 rings (SSSR count). The zero-order valence-corrected chi connectivity index (χ0v) is 19.1. The smallest absolute Gasteiger partial charge is 0.141 e. The number of fused-ring (bicyclic) bond motifs is 6. The molecule has 0 saturated heterocycles. The van der Waals surface area contributed by atoms with Gasteiger partial charge in [0.15, 0.2) is 0 Å². The van der Waals surface area contributed by atoms with Gasteiger partial charge in [0.25, 0.3) is 0 Å². The van der Waals surface area contributed by atoms with E-state index in [0.29, 0.717) is 5.84 Å². The van der Waals surface area contributed by atoms with E-state index in [1.165, 1.54) is 16.5 Å². The van der Waals surface area contributed by atoms with E-state index in [1.807, 2.05) is 6.20 Å². The number of rotatable bonds is 4. The molecule has 3 heterocycles. The van der Waals surface area contributed by atoms with E-state index in [0.717, 1.165) is 54.5 Å². The average Bonchev–Trinajstić information content (AvgIpc) is 3.38. The lowest BCUT2D eigenvalue weighted by Gasteiger charge is -2.24. The Morgan fingerprint density at radius 3 is 2.58 bits per heavy atom. The van der Waals surface area contributed by atoms with Crippen molar-refractivity contribution >= 4 is 27.8 Å². The van der Waals surface area contributed by atoms with Gasteiger partial charge in [0, 0.05) is 39.9 Å². The van der Waals surface area contributed by atoms with Crippen molar-refractivity contribution in [2.45, 2.75) is 65.3 Å². The molecule has 0 amide bonds. The normalized spacial score (nSPS) is 29.5. The van der Waals surface area contributed by atoms with Crippen molar-refractivity contribution in [3.63, 3.8) is 0 Å². The fourth-order valence-corrected chi connectivity index (χ4v) is 5.84. The number of nitrogens with two attached hydrogens (primary N) is 1. The molecule has 2 aromatic heterocycles. The maximum absolute atomic E-state index is 6.64. The predicted molar refractivity (Wildman–Crippen MR) is 130 cm³/mol. The van der Waals surface area contributed by atoms with E-state index in [-0.39, 0.29) is 10.8 Å². The highest BCUT2D eigenvalue weighted by Crippen LogP contribution is 2.69. The van der Waals surface area contributed by atoms with Crippen LogP contribution in [0.3, 0.4) is 0 Å². The summed E-state index contributed by atoms with van der Waals surface area (Å²) in [5.41, 5.74) is 12.4. The molecule has 4 heteroatoms. The van der Waals surface area contributed by atoms with Crippen LogP contribution in [-0.2, 0) is 12.0 Å². The van der Waals surface area contributed by atoms with E-state index >= 15 is 0 Å². The molecule has 3 aromatic rings. The van der Waals surface area contributed by atoms with Crippen LogP contribution < -0.4 is 5.73 Å². The lowest BCUT2D eigenvalue weighted by Crippen LogP contribution is -2.25. The van der Waals surface area contributed by atoms with Gasteiger partial charge in [0.05, 0.1) is 11.2 Å². The number of hydrogen-bond donors (Lipinski definition) is 1. The summed E-state index contributed by atoms with van der Waals surface area (Å²) >= 11 is 0. The Kier molecular flexibility index (Phi) is 4.58. The number of pyridine rings is 1. The summed E-state index contributed by atoms with van der Waals surface area (Å²) in [6, 6.07) is 10.8. The monoisotopic (exact) mass is 412 g/mol. The molecule has 2 N–H and O–H groups in total. The fraction of sp³-hybridized carbons (Fsp3) is 0.407. The van der Waals surface area contributed by atoms with Crippen LogP contribution in [-0.4, -0.2) is 15.4 Å². The predicted octanol–water partition coefficient (Wildman–Crippen LogP) is 6.23. The van der Waals surface area contributed by atoms with Gasteiger partial charge in [-0.25, -0.2) is 9.98 Å². The first-order valence-corrected chi connectivity index (χ1v) is 11.7. The number of para-hydroxylation sites is 1. The van der Waals surface area contributed by atoms with Crippen LogP contribution in [0.1, 0.15) is 64.6 Å². The van der Waals surface area contributed by atoms with Gasteiger partial charge in [0.2, 0.25) is 0 Å². The van der Waals surface area contributed by atoms with Crippen LogP contribution in [0.5, 0.6) is 0 Å². The molecule has 2 atom stereocenters. The Morgan fingerprint density at radius 1 is 1.06 bits per heavy atom. The largest absolute Gasteiger partial charge is 0.383 e. The van der Waals surface area contributed by atoms with Gasteiger partial charge in [-0.05, 0) is 50.3 Å². The lowest BCUT2D eigenvalue weighted by atomic mass is 9.82. The standard InChI is InChI=1S/C27H32N4/c1-5-18-13-14-26(6-2)17-27(26,7-3)23-21(24(28)29-16-18)15-20-19-11-9-10-12-22(19)31(8-4)25(20)30-23/h9-16H,5-8,17H2,1-4H3,(H2,28,29)/b14-13+,18-16-/t26-,27?/m0/s1. The van der Waals surface area contributed by atoms with Crippen LogP contribution in [0.2, 0.25) is 0 Å². The topological polar surface area (TPSA) is 56.2 Å². The third-order valence-corrected chi connectivity index (χ3v) is 7.86. The second-order valence-electron chi connectivity index (χ2n) is 9.04. The van der Waals surface area contributed by atoms with Crippen molar-refractivity contribution in [2.75, 3.05) is 0 Å². The van der Waals surface area contributed by atoms with Gasteiger partial charge in [0.1, 0.15) is 11.5 Å². The molecule has 31 heavy (non-hydrogen) atoms. The first-order chi connectivity index (χ1) is 15.0. The second kappa shape index (κ2) is 7.08. The van der Waals surface area contributed by atoms with Crippen LogP contribution in [0.15, 0.2) is 59.2 Å². The van der Waals surface area contributed by atoms with Crippen molar-refractivity contribution in [1.82, 2.24) is 9.55 Å². The molecule has 4 nitrogen and oxygen atoms in total. The minimum Gasteiger partial charge on any atom is -0.383 e. The van der Waals surface area contributed by atoms with Gasteiger partial charge < -0.3 is 10.3 Å². The molecular weight excluding hydrogens is 380 g/mol. The zero-order chi connectivity index (χ0) is 21.8. The Labute approximate surface area is 184 Å². The van der Waals surface area contributed by atoms with Gasteiger partial charge in [-0.15, -0.1) is 0 Å². The van der Waals surface area contributed by atoms with E-state index in [4.69, 9.17) is 15.7 Å². The summed E-state index contributed by atoms with van der Waals surface area (Å²) in [6.07, 6.45) is 10.8. The minimum absolute atomic E-state index is 0.00707. The number of allylic oxidation sites excluding steroid dienone is 3. The minimum atomic E-state index is 0.00707. The molecule has 1 aliphatic heterocycles. The molecule has 160 valence electrons. The van der Waals surface area contributed by atoms with Crippen molar-refractivity contribution in [1.29, 1.82) is 0 Å². The molecule has 0 radical (unpaired) electrons. The first kappa shape index (κ1) is 20.0. The third kappa shape index (κ3) is 2.67. The fourth-order valence-electron chi connectivity index (χ4n) is 5.84. The molecule has 0 bridgehead atoms. The summed E-state index contributed by atoms with van der Waals surface area (Å²) < 4.78 is 2.33. The Bertz CT molecular complexity index is 1280. The first-order valence-electron chi connectivity index (χ1n) is 11.7. The highest BCUT2D eigenvalue weighted by molar-refractivity contribution is 6.10. The van der Waals surface area contributed by atoms with Crippen molar-refractivity contribution in [3.8, 4) is 0 Å². The number of nitrogens with zero attached hydrogens (tertiary/aromatic N) is 3. The van der Waals surface area contributed by atoms with Crippen LogP contribution in [0.25, 0.3) is 21.9 Å². The van der Waals surface area contributed by atoms with Crippen molar-refractivity contribution in [3.05, 3.63) is 65.5 Å². The molecule has 0 spiro atoms. The summed E-state index contributed by atoms with van der Waals surface area (Å²) in [5, 5.41) is 2.39. The second-order valence-corrected chi connectivity index (χ2v) is 9.04. The molecule has 2 aliphatic rings. The summed E-state index contributed by atoms with van der Waals surface area (Å²) in [7, 11) is 0. The third-order valence-electron chi connectivity index (χ3n) is 7.86. The quantitative estimate of drug-likeness (QED) is 0.552. The highest BCUT2D eigenvalue weighted by atomic mass is 15.0. The number of hydrogen-bond acceptors (Lipinski definition) is 3. The van der Waals surface area contributed by atoms with E-state index < -0.39 is 0 Å². The average molecular weight is 413 g/mol. The number of aryl methyl sites for hydroxylation is 1. The lowest BCUT2D eigenvalue weighted by molar-refractivity contribution is 0.468. The SMILES string of the molecule is CCC1=C/N=C(\N)c2cc3c4ccccc4n(CC)c3nc2C2(CC)C[C@]2(CC)\C=C\1. The number of aliphatic imine (C=N–C) groups is 1. The van der Waals surface area contributed by atoms with Gasteiger partial charge in [-0.1, -0.05) is 51.1 Å². The Balaban J connectivity index is 1.89. The number of aromatic nitrogens is 2. The van der Waals surface area contributed by atoms with Crippen molar-refractivity contribution < 1.29 is 0 Å². The maximum atomic E-state index is 6.64. The Hall–Kier alpha value is -2.88. The van der Waals surface area contributed by atoms with Gasteiger partial charge in [-0.2, -0.15) is 0 Å². The van der Waals surface area contributed by atoms with Crippen molar-refractivity contribution in [2.24, 2.45) is 16.1 Å². The molecule has 1 saturated carbocycles. The van der Waals surface area contributed by atoms with E-state index in [9.17, 15) is 0 Å². The molecule has 1 fully saturated rings. The molecular formula is C27H32N4. The molecule has 1 aromatic carbocycles. The molecule has 1 aliphatic carbocycles. The highest BCUT2D eigenvalue weighted by Gasteiger charge is 2.66. The van der Waals surface area contributed by atoms with Crippen LogP contribution in [0, 0.1) is 5.41 Å². The zero-order valence-electron chi connectivity index (χ0n) is 19.1. The number of benzene rings is 1. The van der Waals surface area contributed by atoms with Crippen LogP contribution >= 0.6 is 0 Å². The van der Waals surface area contributed by atoms with Gasteiger partial charge >= 0.3 is 0 Å².